The van der Waals surface area contributed by atoms with E-state index >= 15 is 0 Å². The van der Waals surface area contributed by atoms with Crippen molar-refractivity contribution in [1.82, 2.24) is 5.32 Å². The molecule has 0 aromatic carbocycles. The van der Waals surface area contributed by atoms with E-state index in [1.165, 1.54) is 64.3 Å². The third-order valence-electron chi connectivity index (χ3n) is 4.40. The summed E-state index contributed by atoms with van der Waals surface area (Å²) in [6.45, 7) is 3.58. The zero-order valence-corrected chi connectivity index (χ0v) is 10.8. The van der Waals surface area contributed by atoms with Crippen LogP contribution in [-0.4, -0.2) is 12.6 Å². The lowest BCUT2D eigenvalue weighted by molar-refractivity contribution is 0.383. The van der Waals surface area contributed by atoms with Crippen LogP contribution in [0.4, 0.5) is 0 Å². The molecule has 1 N–H and O–H groups in total. The largest absolute Gasteiger partial charge is 0.314 e. The van der Waals surface area contributed by atoms with E-state index in [9.17, 15) is 0 Å². The van der Waals surface area contributed by atoms with Crippen molar-refractivity contribution in [3.63, 3.8) is 0 Å². The first-order valence-electron chi connectivity index (χ1n) is 7.27. The Kier molecular flexibility index (Phi) is 4.90. The van der Waals surface area contributed by atoms with Crippen LogP contribution < -0.4 is 5.32 Å². The van der Waals surface area contributed by atoms with Crippen molar-refractivity contribution in [2.45, 2.75) is 70.8 Å². The highest BCUT2D eigenvalue weighted by Gasteiger charge is 2.20. The molecule has 0 spiro atoms. The van der Waals surface area contributed by atoms with Gasteiger partial charge in [-0.3, -0.25) is 0 Å². The van der Waals surface area contributed by atoms with Gasteiger partial charge < -0.3 is 5.32 Å². The highest BCUT2D eigenvalue weighted by atomic mass is 14.9. The number of rotatable bonds is 5. The van der Waals surface area contributed by atoms with Gasteiger partial charge in [0.1, 0.15) is 0 Å². The molecule has 0 amide bonds. The SMILES string of the molecule is CC(NCCC1=CCCCC1)C1CCCC1. The summed E-state index contributed by atoms with van der Waals surface area (Å²) in [4.78, 5) is 0. The molecule has 0 aromatic heterocycles. The summed E-state index contributed by atoms with van der Waals surface area (Å²) in [5, 5.41) is 3.73. The second kappa shape index (κ2) is 6.44. The Morgan fingerprint density at radius 2 is 2.06 bits per heavy atom. The highest BCUT2D eigenvalue weighted by molar-refractivity contribution is 5.05. The molecular weight excluding hydrogens is 194 g/mol. The summed E-state index contributed by atoms with van der Waals surface area (Å²) in [5.41, 5.74) is 1.71. The van der Waals surface area contributed by atoms with Crippen molar-refractivity contribution in [3.05, 3.63) is 11.6 Å². The molecule has 0 aromatic rings. The van der Waals surface area contributed by atoms with E-state index in [0.717, 1.165) is 12.0 Å². The lowest BCUT2D eigenvalue weighted by Gasteiger charge is -2.21. The predicted octanol–water partition coefficient (Wildman–Crippen LogP) is 4.05. The number of hydrogen-bond donors (Lipinski definition) is 1. The molecule has 0 heterocycles. The average Bonchev–Trinajstić information content (AvgIpc) is 2.84. The molecule has 1 unspecified atom stereocenters. The van der Waals surface area contributed by atoms with Crippen molar-refractivity contribution >= 4 is 0 Å². The number of hydrogen-bond acceptors (Lipinski definition) is 1. The first-order valence-corrected chi connectivity index (χ1v) is 7.27. The maximum atomic E-state index is 3.73. The normalized spacial score (nSPS) is 24.4. The minimum absolute atomic E-state index is 0.742. The fourth-order valence-corrected chi connectivity index (χ4v) is 3.22. The molecule has 2 aliphatic rings. The van der Waals surface area contributed by atoms with E-state index in [0.29, 0.717) is 0 Å². The summed E-state index contributed by atoms with van der Waals surface area (Å²) in [6.07, 6.45) is 15.1. The summed E-state index contributed by atoms with van der Waals surface area (Å²) in [7, 11) is 0. The summed E-state index contributed by atoms with van der Waals surface area (Å²) >= 11 is 0. The van der Waals surface area contributed by atoms with E-state index in [1.54, 1.807) is 5.57 Å². The summed E-state index contributed by atoms with van der Waals surface area (Å²) in [5.74, 6) is 0.959. The molecule has 1 fully saturated rings. The second-order valence-electron chi connectivity index (χ2n) is 5.65. The smallest absolute Gasteiger partial charge is 0.00671 e. The fourth-order valence-electron chi connectivity index (χ4n) is 3.22. The standard InChI is InChI=1S/C15H27N/c1-13(15-9-5-6-10-15)16-12-11-14-7-3-2-4-8-14/h7,13,15-16H,2-6,8-12H2,1H3. The van der Waals surface area contributed by atoms with Crippen LogP contribution in [0, 0.1) is 5.92 Å². The van der Waals surface area contributed by atoms with Crippen LogP contribution in [0.2, 0.25) is 0 Å². The lowest BCUT2D eigenvalue weighted by Crippen LogP contribution is -2.33. The monoisotopic (exact) mass is 221 g/mol. The van der Waals surface area contributed by atoms with Crippen molar-refractivity contribution in [1.29, 1.82) is 0 Å². The minimum Gasteiger partial charge on any atom is -0.314 e. The maximum Gasteiger partial charge on any atom is 0.00671 e. The van der Waals surface area contributed by atoms with Gasteiger partial charge in [-0.25, -0.2) is 0 Å². The Hall–Kier alpha value is -0.300. The first-order chi connectivity index (χ1) is 7.86. The first kappa shape index (κ1) is 12.2. The van der Waals surface area contributed by atoms with Crippen LogP contribution >= 0.6 is 0 Å². The Labute approximate surface area is 101 Å². The van der Waals surface area contributed by atoms with Crippen molar-refractivity contribution in [2.24, 2.45) is 5.92 Å². The molecule has 92 valence electrons. The van der Waals surface area contributed by atoms with Gasteiger partial charge in [-0.1, -0.05) is 24.5 Å². The van der Waals surface area contributed by atoms with E-state index in [2.05, 4.69) is 18.3 Å². The van der Waals surface area contributed by atoms with E-state index < -0.39 is 0 Å². The third kappa shape index (κ3) is 3.62. The molecule has 1 atom stereocenters. The van der Waals surface area contributed by atoms with Gasteiger partial charge in [0.2, 0.25) is 0 Å². The van der Waals surface area contributed by atoms with E-state index in [4.69, 9.17) is 0 Å². The fraction of sp³-hybridized carbons (Fsp3) is 0.867. The third-order valence-corrected chi connectivity index (χ3v) is 4.40. The summed E-state index contributed by atoms with van der Waals surface area (Å²) in [6, 6.07) is 0.742. The average molecular weight is 221 g/mol. The van der Waals surface area contributed by atoms with Crippen LogP contribution in [0.1, 0.15) is 64.7 Å². The Balaban J connectivity index is 1.61. The highest BCUT2D eigenvalue weighted by Crippen LogP contribution is 2.27. The molecule has 0 aliphatic heterocycles. The zero-order valence-electron chi connectivity index (χ0n) is 10.8. The Morgan fingerprint density at radius 3 is 2.75 bits per heavy atom. The maximum absolute atomic E-state index is 3.73. The van der Waals surface area contributed by atoms with Gasteiger partial charge >= 0.3 is 0 Å². The molecule has 16 heavy (non-hydrogen) atoms. The second-order valence-corrected chi connectivity index (χ2v) is 5.65. The molecule has 0 bridgehead atoms. The van der Waals surface area contributed by atoms with Crippen LogP contribution in [0.25, 0.3) is 0 Å². The van der Waals surface area contributed by atoms with Gasteiger partial charge in [0, 0.05) is 6.04 Å². The number of allylic oxidation sites excluding steroid dienone is 1. The van der Waals surface area contributed by atoms with Gasteiger partial charge in [0.05, 0.1) is 0 Å². The summed E-state index contributed by atoms with van der Waals surface area (Å²) < 4.78 is 0. The zero-order chi connectivity index (χ0) is 11.2. The number of nitrogens with one attached hydrogen (secondary N) is 1. The van der Waals surface area contributed by atoms with Gasteiger partial charge in [-0.2, -0.15) is 0 Å². The molecule has 1 heteroatoms. The van der Waals surface area contributed by atoms with Crippen LogP contribution in [0.3, 0.4) is 0 Å². The van der Waals surface area contributed by atoms with Crippen LogP contribution in [0.15, 0.2) is 11.6 Å². The molecule has 2 rings (SSSR count). The minimum atomic E-state index is 0.742. The Morgan fingerprint density at radius 1 is 1.25 bits per heavy atom. The van der Waals surface area contributed by atoms with Gasteiger partial charge in [-0.05, 0) is 64.3 Å². The van der Waals surface area contributed by atoms with E-state index in [1.807, 2.05) is 0 Å². The van der Waals surface area contributed by atoms with Gasteiger partial charge in [0.15, 0.2) is 0 Å². The molecule has 1 saturated carbocycles. The Bertz CT molecular complexity index is 226. The quantitative estimate of drug-likeness (QED) is 0.691. The van der Waals surface area contributed by atoms with Crippen molar-refractivity contribution < 1.29 is 0 Å². The van der Waals surface area contributed by atoms with E-state index in [-0.39, 0.29) is 0 Å². The van der Waals surface area contributed by atoms with Crippen LogP contribution in [-0.2, 0) is 0 Å². The predicted molar refractivity (Wildman–Crippen MR) is 70.6 cm³/mol. The lowest BCUT2D eigenvalue weighted by atomic mass is 9.96. The molecule has 1 nitrogen and oxygen atoms in total. The molecular formula is C15H27N. The van der Waals surface area contributed by atoms with Crippen molar-refractivity contribution in [2.75, 3.05) is 6.54 Å². The van der Waals surface area contributed by atoms with Gasteiger partial charge in [0.25, 0.3) is 0 Å². The van der Waals surface area contributed by atoms with Crippen molar-refractivity contribution in [3.8, 4) is 0 Å². The molecule has 2 aliphatic carbocycles. The molecule has 0 saturated heterocycles. The van der Waals surface area contributed by atoms with Gasteiger partial charge in [-0.15, -0.1) is 0 Å². The molecule has 0 radical (unpaired) electrons. The topological polar surface area (TPSA) is 12.0 Å². The van der Waals surface area contributed by atoms with Crippen LogP contribution in [0.5, 0.6) is 0 Å².